The maximum absolute atomic E-state index is 13.2. The zero-order valence-electron chi connectivity index (χ0n) is 14.7. The Hall–Kier alpha value is -2.14. The van der Waals surface area contributed by atoms with E-state index in [2.05, 4.69) is 5.16 Å². The number of amides is 1. The van der Waals surface area contributed by atoms with Gasteiger partial charge in [-0.1, -0.05) is 35.5 Å². The number of aryl methyl sites for hydroxylation is 1. The molecule has 0 saturated heterocycles. The molecule has 0 radical (unpaired) electrons. The molecule has 1 aromatic heterocycles. The lowest BCUT2D eigenvalue weighted by Crippen LogP contribution is -2.36. The highest BCUT2D eigenvalue weighted by atomic mass is 16.5. The second-order valence-corrected chi connectivity index (χ2v) is 7.52. The van der Waals surface area contributed by atoms with E-state index in [1.807, 2.05) is 42.3 Å². The van der Waals surface area contributed by atoms with Crippen LogP contribution < -0.4 is 0 Å². The molecule has 4 rings (SSSR count). The molecule has 1 amide bonds. The summed E-state index contributed by atoms with van der Waals surface area (Å²) < 4.78 is 5.34. The number of fused-ring (bicyclic) bond motifs is 1. The number of carbonyl (C=O) groups excluding carboxylic acids is 1. The molecule has 5 heteroatoms. The van der Waals surface area contributed by atoms with Gasteiger partial charge < -0.3 is 14.5 Å². The van der Waals surface area contributed by atoms with Crippen molar-refractivity contribution in [3.63, 3.8) is 0 Å². The van der Waals surface area contributed by atoms with Crippen molar-refractivity contribution in [2.24, 2.45) is 11.8 Å². The number of aliphatic hydroxyl groups is 1. The topological polar surface area (TPSA) is 66.6 Å². The number of aromatic nitrogens is 1. The molecule has 0 unspecified atom stereocenters. The lowest BCUT2D eigenvalue weighted by molar-refractivity contribution is 0.0721. The summed E-state index contributed by atoms with van der Waals surface area (Å²) in [5, 5.41) is 13.9. The molecule has 1 N–H and O–H groups in total. The third-order valence-corrected chi connectivity index (χ3v) is 5.96. The van der Waals surface area contributed by atoms with Crippen LogP contribution in [0.3, 0.4) is 0 Å². The van der Waals surface area contributed by atoms with Gasteiger partial charge in [0.2, 0.25) is 0 Å². The van der Waals surface area contributed by atoms with Gasteiger partial charge in [0.05, 0.1) is 6.10 Å². The van der Waals surface area contributed by atoms with Crippen molar-refractivity contribution in [1.82, 2.24) is 10.1 Å². The zero-order chi connectivity index (χ0) is 17.6. The van der Waals surface area contributed by atoms with E-state index >= 15 is 0 Å². The van der Waals surface area contributed by atoms with Gasteiger partial charge in [-0.2, -0.15) is 0 Å². The highest BCUT2D eigenvalue weighted by Crippen LogP contribution is 2.45. The predicted molar refractivity (Wildman–Crippen MR) is 94.0 cm³/mol. The van der Waals surface area contributed by atoms with Crippen molar-refractivity contribution in [2.45, 2.75) is 44.8 Å². The summed E-state index contributed by atoms with van der Waals surface area (Å²) in [6.45, 7) is 1.79. The van der Waals surface area contributed by atoms with Gasteiger partial charge in [-0.15, -0.1) is 0 Å². The molecular weight excluding hydrogens is 316 g/mol. The van der Waals surface area contributed by atoms with Crippen molar-refractivity contribution in [3.05, 3.63) is 41.7 Å². The Morgan fingerprint density at radius 1 is 1.16 bits per heavy atom. The molecule has 2 saturated carbocycles. The Balaban J connectivity index is 1.57. The first-order valence-electron chi connectivity index (χ1n) is 9.01. The highest BCUT2D eigenvalue weighted by Gasteiger charge is 2.43. The first-order chi connectivity index (χ1) is 12.0. The smallest absolute Gasteiger partial charge is 0.259 e. The first-order valence-corrected chi connectivity index (χ1v) is 9.01. The van der Waals surface area contributed by atoms with Crippen LogP contribution in [0.1, 0.15) is 41.8 Å². The minimum absolute atomic E-state index is 0.0249. The molecule has 1 heterocycles. The average Bonchev–Trinajstić information content (AvgIpc) is 3.26. The summed E-state index contributed by atoms with van der Waals surface area (Å²) >= 11 is 0. The molecule has 25 heavy (non-hydrogen) atoms. The predicted octanol–water partition coefficient (Wildman–Crippen LogP) is 3.27. The molecule has 0 aliphatic heterocycles. The van der Waals surface area contributed by atoms with Crippen LogP contribution >= 0.6 is 0 Å². The van der Waals surface area contributed by atoms with Gasteiger partial charge in [0.15, 0.2) is 0 Å². The SMILES string of the molecule is Cc1onc(-c2ccccc2)c1C(=O)N(C)C1C[C@@H]2CC(O)C[C@H]2C1. The van der Waals surface area contributed by atoms with E-state index in [0.717, 1.165) is 31.2 Å². The van der Waals surface area contributed by atoms with E-state index in [1.165, 1.54) is 0 Å². The number of carbonyl (C=O) groups is 1. The normalized spacial score (nSPS) is 23.8. The van der Waals surface area contributed by atoms with Gasteiger partial charge in [0, 0.05) is 18.7 Å². The molecule has 0 spiro atoms. The van der Waals surface area contributed by atoms with E-state index in [-0.39, 0.29) is 18.1 Å². The maximum Gasteiger partial charge on any atom is 0.259 e. The molecule has 2 aliphatic rings. The van der Waals surface area contributed by atoms with Crippen LogP contribution in [-0.2, 0) is 0 Å². The van der Waals surface area contributed by atoms with E-state index < -0.39 is 0 Å². The summed E-state index contributed by atoms with van der Waals surface area (Å²) in [7, 11) is 1.88. The molecule has 2 atom stereocenters. The van der Waals surface area contributed by atoms with Crippen LogP contribution in [0.5, 0.6) is 0 Å². The molecular formula is C20H24N2O3. The van der Waals surface area contributed by atoms with Crippen LogP contribution in [0.25, 0.3) is 11.3 Å². The van der Waals surface area contributed by atoms with Crippen molar-refractivity contribution in [3.8, 4) is 11.3 Å². The quantitative estimate of drug-likeness (QED) is 0.931. The number of aliphatic hydroxyl groups excluding tert-OH is 1. The standard InChI is InChI=1S/C20H24N2O3/c1-12-18(19(21-25-12)13-6-4-3-5-7-13)20(24)22(2)16-8-14-10-17(23)11-15(14)9-16/h3-7,14-17,23H,8-11H2,1-2H3/t14-,15-,16?,17?/m1/s1. The maximum atomic E-state index is 13.2. The lowest BCUT2D eigenvalue weighted by Gasteiger charge is -2.25. The van der Waals surface area contributed by atoms with E-state index in [1.54, 1.807) is 6.92 Å². The Bertz CT molecular complexity index is 757. The number of hydrogen-bond acceptors (Lipinski definition) is 4. The van der Waals surface area contributed by atoms with Crippen LogP contribution in [-0.4, -0.2) is 40.3 Å². The summed E-state index contributed by atoms with van der Waals surface area (Å²) in [6, 6.07) is 9.91. The second-order valence-electron chi connectivity index (χ2n) is 7.52. The summed E-state index contributed by atoms with van der Waals surface area (Å²) in [6.07, 6.45) is 3.57. The van der Waals surface area contributed by atoms with Gasteiger partial charge >= 0.3 is 0 Å². The molecule has 2 aromatic rings. The van der Waals surface area contributed by atoms with Crippen LogP contribution in [0, 0.1) is 18.8 Å². The minimum Gasteiger partial charge on any atom is -0.393 e. The summed E-state index contributed by atoms with van der Waals surface area (Å²) in [4.78, 5) is 15.0. The third-order valence-electron chi connectivity index (χ3n) is 5.96. The van der Waals surface area contributed by atoms with Gasteiger partial charge in [0.1, 0.15) is 17.0 Å². The lowest BCUT2D eigenvalue weighted by atomic mass is 10.0. The van der Waals surface area contributed by atoms with Crippen molar-refractivity contribution in [1.29, 1.82) is 0 Å². The number of benzene rings is 1. The Morgan fingerprint density at radius 2 is 1.80 bits per heavy atom. The summed E-state index contributed by atoms with van der Waals surface area (Å²) in [5.74, 6) is 1.63. The van der Waals surface area contributed by atoms with Gasteiger partial charge in [0.25, 0.3) is 5.91 Å². The Labute approximate surface area is 147 Å². The highest BCUT2D eigenvalue weighted by molar-refractivity contribution is 6.00. The molecule has 132 valence electrons. The molecule has 0 bridgehead atoms. The van der Waals surface area contributed by atoms with Gasteiger partial charge in [-0.3, -0.25) is 4.79 Å². The van der Waals surface area contributed by atoms with Gasteiger partial charge in [-0.25, -0.2) is 0 Å². The first kappa shape index (κ1) is 16.3. The van der Waals surface area contributed by atoms with Gasteiger partial charge in [-0.05, 0) is 44.4 Å². The largest absolute Gasteiger partial charge is 0.393 e. The summed E-state index contributed by atoms with van der Waals surface area (Å²) in [5.41, 5.74) is 2.07. The molecule has 1 aromatic carbocycles. The fraction of sp³-hybridized carbons (Fsp3) is 0.500. The zero-order valence-corrected chi connectivity index (χ0v) is 14.7. The van der Waals surface area contributed by atoms with E-state index in [0.29, 0.717) is 28.9 Å². The van der Waals surface area contributed by atoms with Crippen LogP contribution in [0.4, 0.5) is 0 Å². The van der Waals surface area contributed by atoms with Crippen molar-refractivity contribution >= 4 is 5.91 Å². The average molecular weight is 340 g/mol. The Morgan fingerprint density at radius 3 is 2.44 bits per heavy atom. The fourth-order valence-corrected chi connectivity index (χ4v) is 4.63. The van der Waals surface area contributed by atoms with Crippen molar-refractivity contribution < 1.29 is 14.4 Å². The minimum atomic E-state index is -0.151. The molecule has 2 fully saturated rings. The van der Waals surface area contributed by atoms with E-state index in [4.69, 9.17) is 4.52 Å². The monoisotopic (exact) mass is 340 g/mol. The van der Waals surface area contributed by atoms with Crippen molar-refractivity contribution in [2.75, 3.05) is 7.05 Å². The van der Waals surface area contributed by atoms with Crippen LogP contribution in [0.2, 0.25) is 0 Å². The molecule has 2 aliphatic carbocycles. The van der Waals surface area contributed by atoms with E-state index in [9.17, 15) is 9.90 Å². The number of hydrogen-bond donors (Lipinski definition) is 1. The Kier molecular flexibility index (Phi) is 4.12. The van der Waals surface area contributed by atoms with Crippen LogP contribution in [0.15, 0.2) is 34.9 Å². The number of nitrogens with zero attached hydrogens (tertiary/aromatic N) is 2. The number of rotatable bonds is 3. The second kappa shape index (κ2) is 6.30. The molecule has 5 nitrogen and oxygen atoms in total. The third kappa shape index (κ3) is 2.86. The fourth-order valence-electron chi connectivity index (χ4n) is 4.63.